The minimum atomic E-state index is -2.19. The molecule has 108 valence electrons. The molecule has 0 bridgehead atoms. The van der Waals surface area contributed by atoms with Gasteiger partial charge in [-0.05, 0) is 33.4 Å². The van der Waals surface area contributed by atoms with Gasteiger partial charge in [0.2, 0.25) is 0 Å². The molecule has 1 aliphatic rings. The van der Waals surface area contributed by atoms with E-state index in [2.05, 4.69) is 27.7 Å². The van der Waals surface area contributed by atoms with Crippen LogP contribution in [0, 0.1) is 0 Å². The Balaban J connectivity index is 2.96. The van der Waals surface area contributed by atoms with Gasteiger partial charge in [-0.1, -0.05) is 52.4 Å². The standard InChI is InChI=1S/C15H32NOP/c1-14(2)12-10-8-6-7-9-11-13-15(3,4)18(5,17)16-14/h17H,6-13H2,1-5H3. The van der Waals surface area contributed by atoms with E-state index in [1.807, 2.05) is 6.66 Å². The molecule has 0 spiro atoms. The van der Waals surface area contributed by atoms with Gasteiger partial charge in [0.05, 0.1) is 12.8 Å². The van der Waals surface area contributed by atoms with Crippen LogP contribution in [0.15, 0.2) is 4.74 Å². The molecule has 0 radical (unpaired) electrons. The van der Waals surface area contributed by atoms with Gasteiger partial charge in [0.15, 0.2) is 0 Å². The smallest absolute Gasteiger partial charge is 0.0847 e. The zero-order valence-electron chi connectivity index (χ0n) is 13.0. The van der Waals surface area contributed by atoms with Crippen molar-refractivity contribution in [3.8, 4) is 0 Å². The molecule has 0 aromatic heterocycles. The second kappa shape index (κ2) is 6.09. The van der Waals surface area contributed by atoms with Gasteiger partial charge in [0.25, 0.3) is 0 Å². The van der Waals surface area contributed by atoms with Gasteiger partial charge in [-0.2, -0.15) is 0 Å². The van der Waals surface area contributed by atoms with Crippen LogP contribution < -0.4 is 0 Å². The summed E-state index contributed by atoms with van der Waals surface area (Å²) >= 11 is 0. The third-order valence-corrected chi connectivity index (χ3v) is 7.89. The predicted molar refractivity (Wildman–Crippen MR) is 82.6 cm³/mol. The van der Waals surface area contributed by atoms with Crippen molar-refractivity contribution in [3.63, 3.8) is 0 Å². The topological polar surface area (TPSA) is 32.6 Å². The van der Waals surface area contributed by atoms with Crippen molar-refractivity contribution in [3.05, 3.63) is 0 Å². The molecular weight excluding hydrogens is 241 g/mol. The molecule has 0 saturated carbocycles. The average molecular weight is 273 g/mol. The molecular formula is C15H32NOP. The van der Waals surface area contributed by atoms with Gasteiger partial charge in [-0.25, -0.2) is 0 Å². The zero-order valence-corrected chi connectivity index (χ0v) is 13.9. The van der Waals surface area contributed by atoms with Gasteiger partial charge in [0.1, 0.15) is 0 Å². The molecule has 0 saturated heterocycles. The highest BCUT2D eigenvalue weighted by atomic mass is 31.2. The van der Waals surface area contributed by atoms with E-state index < -0.39 is 7.28 Å². The highest BCUT2D eigenvalue weighted by Gasteiger charge is 2.34. The third-order valence-electron chi connectivity index (χ3n) is 4.44. The molecule has 1 heterocycles. The summed E-state index contributed by atoms with van der Waals surface area (Å²) in [6.45, 7) is 10.8. The van der Waals surface area contributed by atoms with E-state index in [1.165, 1.54) is 38.5 Å². The fourth-order valence-corrected chi connectivity index (χ4v) is 4.75. The van der Waals surface area contributed by atoms with Gasteiger partial charge in [-0.3, -0.25) is 4.74 Å². The van der Waals surface area contributed by atoms with Crippen LogP contribution in [0.3, 0.4) is 0 Å². The lowest BCUT2D eigenvalue weighted by Crippen LogP contribution is -2.24. The van der Waals surface area contributed by atoms with E-state index in [1.54, 1.807) is 0 Å². The maximum atomic E-state index is 10.9. The van der Waals surface area contributed by atoms with E-state index >= 15 is 0 Å². The summed E-state index contributed by atoms with van der Waals surface area (Å²) in [6, 6.07) is 0. The number of hydrogen-bond acceptors (Lipinski definition) is 1. The SMILES string of the molecule is CC1(C)CCCCCCCCC(C)(C)P(C)(O)=N1. The molecule has 1 N–H and O–H groups in total. The highest BCUT2D eigenvalue weighted by Crippen LogP contribution is 2.58. The lowest BCUT2D eigenvalue weighted by molar-refractivity contribution is 0.420. The Morgan fingerprint density at radius 1 is 0.833 bits per heavy atom. The Morgan fingerprint density at radius 3 is 1.83 bits per heavy atom. The predicted octanol–water partition coefficient (Wildman–Crippen LogP) is 5.42. The van der Waals surface area contributed by atoms with Crippen molar-refractivity contribution in [2.45, 2.75) is 89.8 Å². The molecule has 0 aromatic rings. The first-order valence-corrected chi connectivity index (χ1v) is 9.64. The summed E-state index contributed by atoms with van der Waals surface area (Å²) in [6.07, 6.45) is 10.1. The van der Waals surface area contributed by atoms with Crippen LogP contribution in [-0.2, 0) is 0 Å². The normalized spacial score (nSPS) is 33.9. The maximum Gasteiger partial charge on any atom is 0.0847 e. The Morgan fingerprint density at radius 2 is 1.28 bits per heavy atom. The maximum absolute atomic E-state index is 10.9. The molecule has 2 nitrogen and oxygen atoms in total. The molecule has 0 amide bonds. The number of rotatable bonds is 0. The Labute approximate surface area is 114 Å². The van der Waals surface area contributed by atoms with E-state index in [0.29, 0.717) is 0 Å². The van der Waals surface area contributed by atoms with Gasteiger partial charge >= 0.3 is 0 Å². The first-order chi connectivity index (χ1) is 8.16. The quantitative estimate of drug-likeness (QED) is 0.587. The van der Waals surface area contributed by atoms with Crippen LogP contribution in [-0.4, -0.2) is 22.3 Å². The van der Waals surface area contributed by atoms with Crippen molar-refractivity contribution in [2.24, 2.45) is 4.74 Å². The minimum absolute atomic E-state index is 0.0243. The second-order valence-corrected chi connectivity index (χ2v) is 10.5. The summed E-state index contributed by atoms with van der Waals surface area (Å²) in [7, 11) is -2.19. The first-order valence-electron chi connectivity index (χ1n) is 7.50. The molecule has 0 aromatic carbocycles. The van der Waals surface area contributed by atoms with Crippen LogP contribution >= 0.6 is 7.28 Å². The summed E-state index contributed by atoms with van der Waals surface area (Å²) in [5.74, 6) is 0. The van der Waals surface area contributed by atoms with E-state index in [4.69, 9.17) is 4.74 Å². The van der Waals surface area contributed by atoms with Crippen molar-refractivity contribution < 1.29 is 4.89 Å². The Bertz CT molecular complexity index is 314. The van der Waals surface area contributed by atoms with Gasteiger partial charge in [-0.15, -0.1) is 0 Å². The fourth-order valence-electron chi connectivity index (χ4n) is 2.75. The van der Waals surface area contributed by atoms with Crippen molar-refractivity contribution in [1.29, 1.82) is 0 Å². The van der Waals surface area contributed by atoms with Crippen LogP contribution in [0.4, 0.5) is 0 Å². The van der Waals surface area contributed by atoms with Crippen LogP contribution in [0.2, 0.25) is 0 Å². The number of hydrogen-bond donors (Lipinski definition) is 1. The second-order valence-electron chi connectivity index (χ2n) is 7.26. The molecule has 1 unspecified atom stereocenters. The molecule has 1 aliphatic heterocycles. The molecule has 18 heavy (non-hydrogen) atoms. The monoisotopic (exact) mass is 273 g/mol. The minimum Gasteiger partial charge on any atom is -0.359 e. The lowest BCUT2D eigenvalue weighted by Gasteiger charge is -2.36. The summed E-state index contributed by atoms with van der Waals surface area (Å²) in [5, 5.41) is -0.0243. The summed E-state index contributed by atoms with van der Waals surface area (Å²) < 4.78 is 4.89. The van der Waals surface area contributed by atoms with E-state index in [-0.39, 0.29) is 10.7 Å². The summed E-state index contributed by atoms with van der Waals surface area (Å²) in [4.78, 5) is 10.9. The zero-order chi connectivity index (χ0) is 13.9. The van der Waals surface area contributed by atoms with Gasteiger partial charge < -0.3 is 4.89 Å². The van der Waals surface area contributed by atoms with Crippen LogP contribution in [0.25, 0.3) is 0 Å². The average Bonchev–Trinajstić information content (AvgIpc) is 2.18. The molecule has 1 rings (SSSR count). The largest absolute Gasteiger partial charge is 0.359 e. The highest BCUT2D eigenvalue weighted by molar-refractivity contribution is 7.61. The van der Waals surface area contributed by atoms with Crippen LogP contribution in [0.1, 0.15) is 79.1 Å². The Hall–Kier alpha value is 0.190. The summed E-state index contributed by atoms with van der Waals surface area (Å²) in [5.41, 5.74) is -0.0618. The first kappa shape index (κ1) is 16.2. The number of nitrogens with zero attached hydrogens (tertiary/aromatic N) is 1. The molecule has 1 atom stereocenters. The van der Waals surface area contributed by atoms with Gasteiger partial charge in [0, 0.05) is 5.16 Å². The van der Waals surface area contributed by atoms with Crippen molar-refractivity contribution in [2.75, 3.05) is 6.66 Å². The van der Waals surface area contributed by atoms with E-state index in [9.17, 15) is 4.89 Å². The van der Waals surface area contributed by atoms with Crippen molar-refractivity contribution >= 4 is 7.28 Å². The van der Waals surface area contributed by atoms with E-state index in [0.717, 1.165) is 12.8 Å². The molecule has 0 fully saturated rings. The fraction of sp³-hybridized carbons (Fsp3) is 1.00. The third kappa shape index (κ3) is 4.70. The Kier molecular flexibility index (Phi) is 5.50. The van der Waals surface area contributed by atoms with Crippen molar-refractivity contribution in [1.82, 2.24) is 0 Å². The lowest BCUT2D eigenvalue weighted by atomic mass is 9.97. The molecule has 3 heteroatoms. The molecule has 0 aliphatic carbocycles. The van der Waals surface area contributed by atoms with Crippen LogP contribution in [0.5, 0.6) is 0 Å².